The summed E-state index contributed by atoms with van der Waals surface area (Å²) in [7, 11) is 0. The molecule has 0 unspecified atom stereocenters. The maximum absolute atomic E-state index is 12.6. The fourth-order valence-electron chi connectivity index (χ4n) is 3.16. The van der Waals surface area contributed by atoms with E-state index in [1.54, 1.807) is 6.92 Å². The van der Waals surface area contributed by atoms with Crippen LogP contribution in [-0.4, -0.2) is 29.2 Å². The van der Waals surface area contributed by atoms with Gasteiger partial charge in [-0.2, -0.15) is 4.98 Å². The number of hydrogen-bond acceptors (Lipinski definition) is 5. The Labute approximate surface area is 148 Å². The third-order valence-corrected chi connectivity index (χ3v) is 4.50. The first-order valence-electron chi connectivity index (χ1n) is 8.88. The van der Waals surface area contributed by atoms with Gasteiger partial charge in [-0.1, -0.05) is 35.0 Å². The number of benzene rings is 1. The molecule has 2 heterocycles. The molecule has 2 aromatic rings. The molecule has 0 radical (unpaired) electrons. The van der Waals surface area contributed by atoms with E-state index in [-0.39, 0.29) is 17.9 Å². The Kier molecular flexibility index (Phi) is 5.81. The van der Waals surface area contributed by atoms with Crippen molar-refractivity contribution in [2.45, 2.75) is 45.6 Å². The summed E-state index contributed by atoms with van der Waals surface area (Å²) in [6, 6.07) is 8.25. The van der Waals surface area contributed by atoms with Crippen molar-refractivity contribution in [2.75, 3.05) is 13.2 Å². The van der Waals surface area contributed by atoms with Gasteiger partial charge in [-0.25, -0.2) is 0 Å². The van der Waals surface area contributed by atoms with Crippen LogP contribution < -0.4 is 5.32 Å². The fourth-order valence-corrected chi connectivity index (χ4v) is 3.16. The Morgan fingerprint density at radius 1 is 1.28 bits per heavy atom. The predicted octanol–water partition coefficient (Wildman–Crippen LogP) is 2.90. The van der Waals surface area contributed by atoms with Gasteiger partial charge in [0.1, 0.15) is 0 Å². The molecule has 1 aliphatic heterocycles. The van der Waals surface area contributed by atoms with Crippen LogP contribution >= 0.6 is 0 Å². The number of aromatic nitrogens is 2. The molecule has 25 heavy (non-hydrogen) atoms. The van der Waals surface area contributed by atoms with Crippen molar-refractivity contribution >= 4 is 5.91 Å². The number of carbonyl (C=O) groups excluding carboxylic acids is 1. The number of nitrogens with one attached hydrogen (secondary N) is 1. The molecular weight excluding hydrogens is 318 g/mol. The number of carbonyl (C=O) groups is 1. The second-order valence-electron chi connectivity index (χ2n) is 6.58. The average Bonchev–Trinajstić information content (AvgIpc) is 3.04. The normalized spacial score (nSPS) is 20.4. The maximum Gasteiger partial charge on any atom is 0.226 e. The number of rotatable bonds is 6. The second kappa shape index (κ2) is 8.25. The van der Waals surface area contributed by atoms with E-state index in [9.17, 15) is 4.79 Å². The third-order valence-electron chi connectivity index (χ3n) is 4.50. The molecule has 1 aromatic heterocycles. The highest BCUT2D eigenvalue weighted by molar-refractivity contribution is 5.79. The minimum absolute atomic E-state index is 0.0620. The third kappa shape index (κ3) is 4.66. The minimum atomic E-state index is -0.159. The van der Waals surface area contributed by atoms with Crippen LogP contribution in [0.5, 0.6) is 0 Å². The lowest BCUT2D eigenvalue weighted by molar-refractivity contribution is -0.134. The van der Waals surface area contributed by atoms with Gasteiger partial charge < -0.3 is 14.6 Å². The van der Waals surface area contributed by atoms with Gasteiger partial charge in [-0.3, -0.25) is 4.79 Å². The molecule has 1 fully saturated rings. The van der Waals surface area contributed by atoms with Crippen LogP contribution in [0.4, 0.5) is 0 Å². The highest BCUT2D eigenvalue weighted by Gasteiger charge is 2.32. The highest BCUT2D eigenvalue weighted by Crippen LogP contribution is 2.33. The molecule has 134 valence electrons. The van der Waals surface area contributed by atoms with Gasteiger partial charge in [-0.15, -0.1) is 0 Å². The number of nitrogens with zero attached hydrogens (tertiary/aromatic N) is 2. The Bertz CT molecular complexity index is 696. The zero-order valence-corrected chi connectivity index (χ0v) is 14.8. The van der Waals surface area contributed by atoms with E-state index >= 15 is 0 Å². The summed E-state index contributed by atoms with van der Waals surface area (Å²) >= 11 is 0. The van der Waals surface area contributed by atoms with E-state index in [0.717, 1.165) is 24.8 Å². The Balaban J connectivity index is 1.52. The first-order valence-corrected chi connectivity index (χ1v) is 8.88. The van der Waals surface area contributed by atoms with Crippen molar-refractivity contribution in [1.82, 2.24) is 15.5 Å². The summed E-state index contributed by atoms with van der Waals surface area (Å²) < 4.78 is 11.0. The molecular formula is C19H25N3O3. The lowest BCUT2D eigenvalue weighted by Gasteiger charge is -2.31. The molecule has 0 spiro atoms. The van der Waals surface area contributed by atoms with Crippen LogP contribution in [-0.2, 0) is 16.0 Å². The van der Waals surface area contributed by atoms with Crippen LogP contribution in [0.25, 0.3) is 0 Å². The van der Waals surface area contributed by atoms with Crippen LogP contribution in [0.15, 0.2) is 28.8 Å². The molecule has 3 rings (SSSR count). The topological polar surface area (TPSA) is 77.2 Å². The summed E-state index contributed by atoms with van der Waals surface area (Å²) in [5, 5.41) is 6.80. The monoisotopic (exact) mass is 343 g/mol. The van der Waals surface area contributed by atoms with Crippen molar-refractivity contribution in [3.63, 3.8) is 0 Å². The smallest absolute Gasteiger partial charge is 0.226 e. The van der Waals surface area contributed by atoms with E-state index in [0.29, 0.717) is 31.3 Å². The van der Waals surface area contributed by atoms with E-state index < -0.39 is 0 Å². The summed E-state index contributed by atoms with van der Waals surface area (Å²) in [6.07, 6.45) is 3.06. The Morgan fingerprint density at radius 3 is 2.80 bits per heavy atom. The molecule has 6 heteroatoms. The number of ether oxygens (including phenoxy) is 1. The number of aryl methyl sites for hydroxylation is 3. The molecule has 0 aliphatic carbocycles. The number of hydrogen-bond donors (Lipinski definition) is 1. The largest absolute Gasteiger partial charge is 0.373 e. The Hall–Kier alpha value is -2.21. The molecule has 0 saturated carbocycles. The molecule has 1 saturated heterocycles. The van der Waals surface area contributed by atoms with Crippen LogP contribution in [0.2, 0.25) is 0 Å². The standard InChI is InChI=1S/C19H25N3O3/c1-13-7-9-15(10-8-13)18-16(5-4-12-24-18)19(23)20-11-3-6-17-21-14(2)22-25-17/h7-10,16,18H,3-6,11-12H2,1-2H3,(H,20,23)/t16-,18-/m1/s1. The predicted molar refractivity (Wildman–Crippen MR) is 93.0 cm³/mol. The van der Waals surface area contributed by atoms with Gasteiger partial charge in [0, 0.05) is 19.6 Å². The average molecular weight is 343 g/mol. The quantitative estimate of drug-likeness (QED) is 0.816. The molecule has 1 amide bonds. The minimum Gasteiger partial charge on any atom is -0.373 e. The van der Waals surface area contributed by atoms with Crippen LogP contribution in [0.3, 0.4) is 0 Å². The van der Waals surface area contributed by atoms with Gasteiger partial charge in [0.05, 0.1) is 12.0 Å². The zero-order chi connectivity index (χ0) is 17.6. The van der Waals surface area contributed by atoms with Crippen LogP contribution in [0.1, 0.15) is 48.2 Å². The summed E-state index contributed by atoms with van der Waals surface area (Å²) in [4.78, 5) is 16.8. The molecule has 0 bridgehead atoms. The summed E-state index contributed by atoms with van der Waals surface area (Å²) in [5.41, 5.74) is 2.28. The zero-order valence-electron chi connectivity index (χ0n) is 14.8. The maximum atomic E-state index is 12.6. The Morgan fingerprint density at radius 2 is 2.08 bits per heavy atom. The van der Waals surface area contributed by atoms with Crippen molar-refractivity contribution < 1.29 is 14.1 Å². The van der Waals surface area contributed by atoms with E-state index in [1.807, 2.05) is 0 Å². The first kappa shape index (κ1) is 17.6. The molecule has 1 aliphatic rings. The lowest BCUT2D eigenvalue weighted by Crippen LogP contribution is -2.38. The van der Waals surface area contributed by atoms with E-state index in [4.69, 9.17) is 9.26 Å². The first-order chi connectivity index (χ1) is 12.1. The van der Waals surface area contributed by atoms with Gasteiger partial charge >= 0.3 is 0 Å². The van der Waals surface area contributed by atoms with E-state index in [1.165, 1.54) is 5.56 Å². The van der Waals surface area contributed by atoms with Crippen molar-refractivity contribution in [3.8, 4) is 0 Å². The van der Waals surface area contributed by atoms with Gasteiger partial charge in [0.15, 0.2) is 5.82 Å². The molecule has 6 nitrogen and oxygen atoms in total. The second-order valence-corrected chi connectivity index (χ2v) is 6.58. The summed E-state index contributed by atoms with van der Waals surface area (Å²) in [6.45, 7) is 5.15. The molecule has 1 aromatic carbocycles. The van der Waals surface area contributed by atoms with Gasteiger partial charge in [0.2, 0.25) is 11.8 Å². The van der Waals surface area contributed by atoms with Crippen molar-refractivity contribution in [2.24, 2.45) is 5.92 Å². The fraction of sp³-hybridized carbons (Fsp3) is 0.526. The summed E-state index contributed by atoms with van der Waals surface area (Å²) in [5.74, 6) is 1.18. The molecule has 1 N–H and O–H groups in total. The number of amides is 1. The van der Waals surface area contributed by atoms with Gasteiger partial charge in [0.25, 0.3) is 0 Å². The molecule has 2 atom stereocenters. The van der Waals surface area contributed by atoms with Crippen molar-refractivity contribution in [1.29, 1.82) is 0 Å². The van der Waals surface area contributed by atoms with Crippen molar-refractivity contribution in [3.05, 3.63) is 47.1 Å². The van der Waals surface area contributed by atoms with Crippen LogP contribution in [0, 0.1) is 19.8 Å². The van der Waals surface area contributed by atoms with Gasteiger partial charge in [-0.05, 0) is 38.7 Å². The highest BCUT2D eigenvalue weighted by atomic mass is 16.5. The SMILES string of the molecule is Cc1ccc([C@H]2OCCC[C@H]2C(=O)NCCCc2nc(C)no2)cc1. The lowest BCUT2D eigenvalue weighted by atomic mass is 9.88. The van der Waals surface area contributed by atoms with E-state index in [2.05, 4.69) is 46.6 Å².